The van der Waals surface area contributed by atoms with Gasteiger partial charge in [-0.2, -0.15) is 0 Å². The first-order valence-electron chi connectivity index (χ1n) is 14.0. The van der Waals surface area contributed by atoms with E-state index >= 15 is 0 Å². The van der Waals surface area contributed by atoms with Crippen LogP contribution >= 0.6 is 11.6 Å². The second-order valence-corrected chi connectivity index (χ2v) is 11.7. The van der Waals surface area contributed by atoms with Crippen molar-refractivity contribution in [3.05, 3.63) is 55.0 Å². The summed E-state index contributed by atoms with van der Waals surface area (Å²) in [6.07, 6.45) is 4.91. The molecule has 2 aliphatic heterocycles. The number of H-pyrrole nitrogens is 1. The van der Waals surface area contributed by atoms with Crippen LogP contribution in [0.1, 0.15) is 84.8 Å². The Labute approximate surface area is 230 Å². The number of pyridine rings is 1. The third-order valence-corrected chi connectivity index (χ3v) is 9.44. The third kappa shape index (κ3) is 4.51. The van der Waals surface area contributed by atoms with Crippen LogP contribution in [0.2, 0.25) is 5.02 Å². The molecular weight excluding hydrogens is 502 g/mol. The molecule has 3 heterocycles. The topological polar surface area (TPSA) is 74.9 Å². The van der Waals surface area contributed by atoms with Crippen molar-refractivity contribution in [3.8, 4) is 11.5 Å². The Kier molecular flexibility index (Phi) is 7.29. The van der Waals surface area contributed by atoms with E-state index in [0.717, 1.165) is 61.2 Å². The Morgan fingerprint density at radius 3 is 2.37 bits per heavy atom. The lowest BCUT2D eigenvalue weighted by Gasteiger charge is -2.40. The Morgan fingerprint density at radius 1 is 1.08 bits per heavy atom. The van der Waals surface area contributed by atoms with Crippen molar-refractivity contribution < 1.29 is 14.3 Å². The molecule has 3 aliphatic rings. The number of carbonyl (C=O) groups excluding carboxylic acids is 1. The number of aromatic nitrogens is 1. The highest BCUT2D eigenvalue weighted by molar-refractivity contribution is 6.34. The standard InChI is InChI=1S/C30H40ClN3O4/c1-7-33(8-2)21-11-9-20(10-12-21)30(6)37-26-19(5)24-22(25(31)27(26)38-30)13-14-34(29(24)36)16-23-17(3)15-18(4)32-28(23)35/h15,20-21H,7-14,16H2,1-6H3,(H,32,35)/t20-,21-,30?. The van der Waals surface area contributed by atoms with E-state index in [1.807, 2.05) is 33.8 Å². The smallest absolute Gasteiger partial charge is 0.254 e. The minimum atomic E-state index is -0.802. The van der Waals surface area contributed by atoms with Crippen molar-refractivity contribution in [1.82, 2.24) is 14.8 Å². The van der Waals surface area contributed by atoms with Gasteiger partial charge in [0.15, 0.2) is 11.5 Å². The Balaban J connectivity index is 1.39. The van der Waals surface area contributed by atoms with Gasteiger partial charge in [-0.3, -0.25) is 9.59 Å². The Hall–Kier alpha value is -2.51. The van der Waals surface area contributed by atoms with Gasteiger partial charge in [-0.25, -0.2) is 0 Å². The molecule has 0 spiro atoms. The average Bonchev–Trinajstić information content (AvgIpc) is 3.26. The molecule has 1 aromatic heterocycles. The number of amides is 1. The van der Waals surface area contributed by atoms with Gasteiger partial charge < -0.3 is 24.3 Å². The van der Waals surface area contributed by atoms with E-state index in [4.69, 9.17) is 21.1 Å². The number of fused-ring (bicyclic) bond motifs is 2. The molecule has 1 aromatic carbocycles. The maximum absolute atomic E-state index is 13.8. The molecule has 1 fully saturated rings. The van der Waals surface area contributed by atoms with Gasteiger partial charge >= 0.3 is 0 Å². The highest BCUT2D eigenvalue weighted by Crippen LogP contribution is 2.54. The first-order valence-corrected chi connectivity index (χ1v) is 14.4. The van der Waals surface area contributed by atoms with Gasteiger partial charge in [0.05, 0.1) is 17.1 Å². The zero-order valence-electron chi connectivity index (χ0n) is 23.5. The molecule has 1 atom stereocenters. The Morgan fingerprint density at radius 2 is 1.74 bits per heavy atom. The van der Waals surface area contributed by atoms with Gasteiger partial charge in [-0.1, -0.05) is 25.4 Å². The fraction of sp³-hybridized carbons (Fsp3) is 0.600. The van der Waals surface area contributed by atoms with Crippen molar-refractivity contribution >= 4 is 17.5 Å². The molecule has 0 radical (unpaired) electrons. The van der Waals surface area contributed by atoms with Crippen LogP contribution in [0.5, 0.6) is 11.5 Å². The minimum Gasteiger partial charge on any atom is -0.448 e. The van der Waals surface area contributed by atoms with Crippen LogP contribution in [0.3, 0.4) is 0 Å². The molecule has 0 saturated heterocycles. The Bertz CT molecular complexity index is 1310. The lowest BCUT2D eigenvalue weighted by Crippen LogP contribution is -2.47. The summed E-state index contributed by atoms with van der Waals surface area (Å²) in [6, 6.07) is 2.55. The highest BCUT2D eigenvalue weighted by atomic mass is 35.5. The van der Waals surface area contributed by atoms with Gasteiger partial charge in [0.25, 0.3) is 17.3 Å². The number of aryl methyl sites for hydroxylation is 2. The van der Waals surface area contributed by atoms with Crippen molar-refractivity contribution in [1.29, 1.82) is 0 Å². The summed E-state index contributed by atoms with van der Waals surface area (Å²) >= 11 is 6.92. The second-order valence-electron chi connectivity index (χ2n) is 11.3. The van der Waals surface area contributed by atoms with Gasteiger partial charge in [-0.15, -0.1) is 0 Å². The molecule has 1 N–H and O–H groups in total. The number of carbonyl (C=O) groups is 1. The predicted octanol–water partition coefficient (Wildman–Crippen LogP) is 5.54. The van der Waals surface area contributed by atoms with Crippen LogP contribution in [0, 0.1) is 26.7 Å². The largest absolute Gasteiger partial charge is 0.448 e. The van der Waals surface area contributed by atoms with Crippen LogP contribution < -0.4 is 15.0 Å². The summed E-state index contributed by atoms with van der Waals surface area (Å²) in [5.41, 5.74) is 4.33. The van der Waals surface area contributed by atoms with Crippen LogP contribution in [-0.2, 0) is 13.0 Å². The number of halogens is 1. The summed E-state index contributed by atoms with van der Waals surface area (Å²) in [5.74, 6) is 0.483. The molecule has 1 amide bonds. The molecule has 7 nitrogen and oxygen atoms in total. The van der Waals surface area contributed by atoms with Gasteiger partial charge in [0.1, 0.15) is 0 Å². The lowest BCUT2D eigenvalue weighted by molar-refractivity contribution is -0.124. The maximum atomic E-state index is 13.8. The molecular formula is C30H40ClN3O4. The number of hydrogen-bond acceptors (Lipinski definition) is 5. The molecule has 5 rings (SSSR count). The molecule has 1 aliphatic carbocycles. The fourth-order valence-corrected chi connectivity index (χ4v) is 7.13. The fourth-order valence-electron chi connectivity index (χ4n) is 6.82. The van der Waals surface area contributed by atoms with E-state index in [1.165, 1.54) is 0 Å². The summed E-state index contributed by atoms with van der Waals surface area (Å²) in [7, 11) is 0. The van der Waals surface area contributed by atoms with E-state index in [0.29, 0.717) is 46.7 Å². The number of nitrogens with zero attached hydrogens (tertiary/aromatic N) is 2. The molecule has 206 valence electrons. The summed E-state index contributed by atoms with van der Waals surface area (Å²) in [4.78, 5) is 33.5. The average molecular weight is 542 g/mol. The summed E-state index contributed by atoms with van der Waals surface area (Å²) in [6.45, 7) is 15.1. The van der Waals surface area contributed by atoms with Crippen molar-refractivity contribution in [2.24, 2.45) is 5.92 Å². The lowest BCUT2D eigenvalue weighted by atomic mass is 9.80. The van der Waals surface area contributed by atoms with E-state index in [-0.39, 0.29) is 23.9 Å². The maximum Gasteiger partial charge on any atom is 0.254 e. The van der Waals surface area contributed by atoms with Gasteiger partial charge in [0, 0.05) is 42.2 Å². The van der Waals surface area contributed by atoms with E-state index in [2.05, 4.69) is 23.7 Å². The second kappa shape index (κ2) is 10.2. The van der Waals surface area contributed by atoms with Crippen molar-refractivity contribution in [3.63, 3.8) is 0 Å². The first-order chi connectivity index (χ1) is 18.1. The molecule has 8 heteroatoms. The normalized spacial score (nSPS) is 24.7. The van der Waals surface area contributed by atoms with Gasteiger partial charge in [-0.05, 0) is 83.2 Å². The molecule has 38 heavy (non-hydrogen) atoms. The van der Waals surface area contributed by atoms with Crippen LogP contribution in [-0.4, -0.2) is 52.2 Å². The predicted molar refractivity (Wildman–Crippen MR) is 149 cm³/mol. The molecule has 1 unspecified atom stereocenters. The summed E-state index contributed by atoms with van der Waals surface area (Å²) < 4.78 is 13.1. The van der Waals surface area contributed by atoms with E-state index in [1.54, 1.807) is 4.90 Å². The zero-order valence-corrected chi connectivity index (χ0v) is 24.3. The van der Waals surface area contributed by atoms with Crippen molar-refractivity contribution in [2.75, 3.05) is 19.6 Å². The first kappa shape index (κ1) is 27.1. The monoisotopic (exact) mass is 541 g/mol. The third-order valence-electron chi connectivity index (χ3n) is 9.04. The number of benzene rings is 1. The molecule has 0 bridgehead atoms. The van der Waals surface area contributed by atoms with Crippen molar-refractivity contribution in [2.45, 2.75) is 92.0 Å². The van der Waals surface area contributed by atoms with Gasteiger partial charge in [0.2, 0.25) is 0 Å². The van der Waals surface area contributed by atoms with Crippen LogP contribution in [0.25, 0.3) is 0 Å². The zero-order chi connectivity index (χ0) is 27.4. The quantitative estimate of drug-likeness (QED) is 0.519. The molecule has 2 aromatic rings. The number of aromatic amines is 1. The van der Waals surface area contributed by atoms with Crippen LogP contribution in [0.15, 0.2) is 10.9 Å². The van der Waals surface area contributed by atoms with E-state index in [9.17, 15) is 9.59 Å². The number of nitrogens with one attached hydrogen (secondary N) is 1. The molecule has 1 saturated carbocycles. The number of ether oxygens (including phenoxy) is 2. The van der Waals surface area contributed by atoms with E-state index < -0.39 is 5.79 Å². The number of rotatable bonds is 6. The number of hydrogen-bond donors (Lipinski definition) is 1. The summed E-state index contributed by atoms with van der Waals surface area (Å²) in [5, 5.41) is 0.485. The highest BCUT2D eigenvalue weighted by Gasteiger charge is 2.49. The van der Waals surface area contributed by atoms with Crippen LogP contribution in [0.4, 0.5) is 0 Å². The minimum absolute atomic E-state index is 0.121. The SMILES string of the molecule is CCN(CC)[C@H]1CC[C@H](C2(C)Oc3c(C)c4c(c(Cl)c3O2)CCN(Cc2c(C)cc(C)[nH]c2=O)C4=O)CC1.